The van der Waals surface area contributed by atoms with E-state index in [9.17, 15) is 4.79 Å². The number of thioether (sulfide) groups is 1. The molecule has 8 nitrogen and oxygen atoms in total. The van der Waals surface area contributed by atoms with Gasteiger partial charge < -0.3 is 9.88 Å². The smallest absolute Gasteiger partial charge is 0.228 e. The summed E-state index contributed by atoms with van der Waals surface area (Å²) in [6.07, 6.45) is 10.5. The lowest BCUT2D eigenvalue weighted by molar-refractivity contribution is 0.112. The lowest BCUT2D eigenvalue weighted by Crippen LogP contribution is -2.12. The second kappa shape index (κ2) is 6.56. The lowest BCUT2D eigenvalue weighted by Gasteiger charge is -2.08. The zero-order valence-corrected chi connectivity index (χ0v) is 12.8. The minimum atomic E-state index is 0.458. The number of anilines is 1. The number of hydrogen-bond acceptors (Lipinski definition) is 7. The fourth-order valence-corrected chi connectivity index (χ4v) is 2.40. The molecule has 0 aromatic carbocycles. The average molecular weight is 317 g/mol. The second-order valence-corrected chi connectivity index (χ2v) is 5.34. The van der Waals surface area contributed by atoms with E-state index in [2.05, 4.69) is 25.4 Å². The molecule has 0 spiro atoms. The highest BCUT2D eigenvalue weighted by Crippen LogP contribution is 2.16. The Kier molecular flexibility index (Phi) is 4.33. The summed E-state index contributed by atoms with van der Waals surface area (Å²) in [7, 11) is 0. The van der Waals surface area contributed by atoms with E-state index in [1.54, 1.807) is 17.0 Å². The van der Waals surface area contributed by atoms with Crippen LogP contribution in [0.1, 0.15) is 16.8 Å². The van der Waals surface area contributed by atoms with E-state index in [1.807, 2.05) is 17.0 Å². The molecule has 0 saturated carbocycles. The first-order valence-corrected chi connectivity index (χ1v) is 7.99. The number of aromatic nitrogens is 6. The van der Waals surface area contributed by atoms with Gasteiger partial charge in [-0.15, -0.1) is 0 Å². The predicted octanol–water partition coefficient (Wildman–Crippen LogP) is 1.36. The number of aldehydes is 1. The molecule has 0 aliphatic carbocycles. The Bertz CT molecular complexity index is 768. The van der Waals surface area contributed by atoms with E-state index in [0.717, 1.165) is 25.8 Å². The molecule has 0 saturated heterocycles. The summed E-state index contributed by atoms with van der Waals surface area (Å²) in [6.45, 7) is 1.60. The summed E-state index contributed by atoms with van der Waals surface area (Å²) >= 11 is 1.43. The highest BCUT2D eigenvalue weighted by atomic mass is 32.2. The fraction of sp³-hybridized carbons (Fsp3) is 0.308. The number of fused-ring (bicyclic) bond motifs is 1. The van der Waals surface area contributed by atoms with Gasteiger partial charge in [-0.25, -0.2) is 9.97 Å². The van der Waals surface area contributed by atoms with E-state index >= 15 is 0 Å². The van der Waals surface area contributed by atoms with Crippen molar-refractivity contribution in [2.45, 2.75) is 18.1 Å². The van der Waals surface area contributed by atoms with Gasteiger partial charge in [0.15, 0.2) is 17.1 Å². The number of carbonyl (C=O) groups is 1. The molecule has 1 N–H and O–H groups in total. The molecule has 9 heteroatoms. The Hall–Kier alpha value is -2.42. The van der Waals surface area contributed by atoms with Crippen LogP contribution in [0.25, 0.3) is 5.65 Å². The van der Waals surface area contributed by atoms with Gasteiger partial charge in [0, 0.05) is 25.5 Å². The predicted molar refractivity (Wildman–Crippen MR) is 83.3 cm³/mol. The van der Waals surface area contributed by atoms with Crippen LogP contribution in [-0.2, 0) is 6.54 Å². The Balaban J connectivity index is 1.74. The van der Waals surface area contributed by atoms with Gasteiger partial charge in [-0.3, -0.25) is 4.79 Å². The number of nitrogens with zero attached hydrogens (tertiary/aromatic N) is 6. The van der Waals surface area contributed by atoms with E-state index in [0.29, 0.717) is 22.3 Å². The summed E-state index contributed by atoms with van der Waals surface area (Å²) in [5.74, 6) is 0.591. The summed E-state index contributed by atoms with van der Waals surface area (Å²) in [4.78, 5) is 23.8. The van der Waals surface area contributed by atoms with E-state index < -0.39 is 0 Å². The summed E-state index contributed by atoms with van der Waals surface area (Å²) < 4.78 is 3.57. The van der Waals surface area contributed by atoms with Crippen LogP contribution in [-0.4, -0.2) is 48.2 Å². The number of hydrogen-bond donors (Lipinski definition) is 1. The maximum atomic E-state index is 11.0. The Labute approximate surface area is 131 Å². The molecule has 0 bridgehead atoms. The van der Waals surface area contributed by atoms with Crippen LogP contribution >= 0.6 is 11.8 Å². The van der Waals surface area contributed by atoms with Crippen molar-refractivity contribution in [2.24, 2.45) is 0 Å². The van der Waals surface area contributed by atoms with Gasteiger partial charge in [0.1, 0.15) is 0 Å². The minimum absolute atomic E-state index is 0.458. The van der Waals surface area contributed by atoms with E-state index in [-0.39, 0.29) is 0 Å². The Morgan fingerprint density at radius 1 is 1.41 bits per heavy atom. The van der Waals surface area contributed by atoms with Gasteiger partial charge in [0.2, 0.25) is 5.95 Å². The molecule has 3 aromatic rings. The fourth-order valence-electron chi connectivity index (χ4n) is 2.04. The molecule has 0 aliphatic rings. The third-order valence-electron chi connectivity index (χ3n) is 3.12. The maximum Gasteiger partial charge on any atom is 0.228 e. The van der Waals surface area contributed by atoms with Crippen LogP contribution in [0.2, 0.25) is 0 Å². The number of aryl methyl sites for hydroxylation is 1. The standard InChI is InChI=1S/C13H15N7OS/c1-22-13-17-11-10(8-21)7-16-20(11)12(18-13)15-3-2-5-19-6-4-14-9-19/h4,6-9H,2-3,5H2,1H3,(H,15,17,18). The van der Waals surface area contributed by atoms with Crippen LogP contribution in [0.5, 0.6) is 0 Å². The van der Waals surface area contributed by atoms with Crippen molar-refractivity contribution in [2.75, 3.05) is 18.1 Å². The normalized spacial score (nSPS) is 11.0. The van der Waals surface area contributed by atoms with E-state index in [4.69, 9.17) is 0 Å². The molecule has 0 amide bonds. The summed E-state index contributed by atoms with van der Waals surface area (Å²) in [5, 5.41) is 8.02. The van der Waals surface area contributed by atoms with Crippen molar-refractivity contribution in [3.05, 3.63) is 30.5 Å². The molecule has 0 unspecified atom stereocenters. The molecule has 0 fully saturated rings. The SMILES string of the molecule is CSc1nc(NCCCn2ccnc2)n2ncc(C=O)c2n1. The maximum absolute atomic E-state index is 11.0. The van der Waals surface area contributed by atoms with Gasteiger partial charge in [-0.05, 0) is 12.7 Å². The molecule has 0 radical (unpaired) electrons. The molecule has 0 aliphatic heterocycles. The molecule has 22 heavy (non-hydrogen) atoms. The van der Waals surface area contributed by atoms with Crippen molar-refractivity contribution >= 4 is 29.6 Å². The topological polar surface area (TPSA) is 90.0 Å². The van der Waals surface area contributed by atoms with Gasteiger partial charge >= 0.3 is 0 Å². The zero-order chi connectivity index (χ0) is 15.4. The van der Waals surface area contributed by atoms with Crippen molar-refractivity contribution in [3.8, 4) is 0 Å². The molecule has 3 aromatic heterocycles. The van der Waals surface area contributed by atoms with Gasteiger partial charge in [-0.1, -0.05) is 11.8 Å². The first-order chi connectivity index (χ1) is 10.8. The Morgan fingerprint density at radius 2 is 2.32 bits per heavy atom. The molecule has 3 rings (SSSR count). The van der Waals surface area contributed by atoms with Crippen molar-refractivity contribution in [1.29, 1.82) is 0 Å². The molecular formula is C13H15N7OS. The lowest BCUT2D eigenvalue weighted by atomic mass is 10.4. The molecule has 114 valence electrons. The number of rotatable bonds is 7. The minimum Gasteiger partial charge on any atom is -0.354 e. The van der Waals surface area contributed by atoms with Crippen LogP contribution in [0.15, 0.2) is 30.1 Å². The van der Waals surface area contributed by atoms with Crippen LogP contribution in [0.3, 0.4) is 0 Å². The first-order valence-electron chi connectivity index (χ1n) is 6.76. The van der Waals surface area contributed by atoms with Crippen LogP contribution < -0.4 is 5.32 Å². The van der Waals surface area contributed by atoms with Gasteiger partial charge in [0.25, 0.3) is 0 Å². The van der Waals surface area contributed by atoms with Gasteiger partial charge in [0.05, 0.1) is 18.1 Å². The highest BCUT2D eigenvalue weighted by Gasteiger charge is 2.11. The number of imidazole rings is 1. The molecule has 0 atom stereocenters. The summed E-state index contributed by atoms with van der Waals surface area (Å²) in [6, 6.07) is 0. The van der Waals surface area contributed by atoms with Crippen LogP contribution in [0.4, 0.5) is 5.95 Å². The zero-order valence-electron chi connectivity index (χ0n) is 12.0. The number of nitrogens with one attached hydrogen (secondary N) is 1. The average Bonchev–Trinajstić information content (AvgIpc) is 3.20. The quantitative estimate of drug-likeness (QED) is 0.400. The Morgan fingerprint density at radius 3 is 3.05 bits per heavy atom. The van der Waals surface area contributed by atoms with Crippen molar-refractivity contribution in [3.63, 3.8) is 0 Å². The third-order valence-corrected chi connectivity index (χ3v) is 3.67. The van der Waals surface area contributed by atoms with Gasteiger partial charge in [-0.2, -0.15) is 14.6 Å². The largest absolute Gasteiger partial charge is 0.354 e. The van der Waals surface area contributed by atoms with Crippen molar-refractivity contribution < 1.29 is 4.79 Å². The van der Waals surface area contributed by atoms with E-state index in [1.165, 1.54) is 18.0 Å². The van der Waals surface area contributed by atoms with Crippen molar-refractivity contribution in [1.82, 2.24) is 29.1 Å². The molecular weight excluding hydrogens is 302 g/mol. The highest BCUT2D eigenvalue weighted by molar-refractivity contribution is 7.98. The van der Waals surface area contributed by atoms with Crippen LogP contribution in [0, 0.1) is 0 Å². The first kappa shape index (κ1) is 14.5. The number of carbonyl (C=O) groups excluding carboxylic acids is 1. The second-order valence-electron chi connectivity index (χ2n) is 4.57. The monoisotopic (exact) mass is 317 g/mol. The third kappa shape index (κ3) is 2.93. The molecule has 3 heterocycles. The summed E-state index contributed by atoms with van der Waals surface area (Å²) in [5.41, 5.74) is 0.977.